The standard InChI is InChI=1S/C25H32F2N8O2/c1-33-12-6-5-9-20(33)31-22(36)18-11-10-16(13-28-18)30-24-29-14-19-21(32-24)35(17-7-3-4-8-17)15-25(26,27)23(37)34(19)2/h10-11,13-14,17,20H,3-9,12,15H2,1-2H3,(H,31,36)(H,29,30,32). The predicted molar refractivity (Wildman–Crippen MR) is 135 cm³/mol. The number of pyridine rings is 1. The zero-order valence-electron chi connectivity index (χ0n) is 21.1. The smallest absolute Gasteiger partial charge is 0.342 e. The highest BCUT2D eigenvalue weighted by atomic mass is 19.3. The van der Waals surface area contributed by atoms with Gasteiger partial charge in [-0.2, -0.15) is 13.8 Å². The van der Waals surface area contributed by atoms with Crippen LogP contribution in [0.25, 0.3) is 0 Å². The largest absolute Gasteiger partial charge is 0.345 e. The predicted octanol–water partition coefficient (Wildman–Crippen LogP) is 3.15. The molecule has 0 bridgehead atoms. The summed E-state index contributed by atoms with van der Waals surface area (Å²) in [6, 6.07) is 3.19. The highest BCUT2D eigenvalue weighted by Crippen LogP contribution is 2.39. The summed E-state index contributed by atoms with van der Waals surface area (Å²) in [4.78, 5) is 42.8. The van der Waals surface area contributed by atoms with E-state index in [-0.39, 0.29) is 29.8 Å². The number of halogens is 2. The second-order valence-electron chi connectivity index (χ2n) is 10.1. The number of hydrogen-bond acceptors (Lipinski definition) is 8. The van der Waals surface area contributed by atoms with E-state index < -0.39 is 18.4 Å². The molecule has 2 aliphatic heterocycles. The van der Waals surface area contributed by atoms with Crippen LogP contribution in [0.3, 0.4) is 0 Å². The Morgan fingerprint density at radius 2 is 1.81 bits per heavy atom. The van der Waals surface area contributed by atoms with E-state index in [1.54, 1.807) is 17.0 Å². The minimum atomic E-state index is -3.53. The molecule has 37 heavy (non-hydrogen) atoms. The van der Waals surface area contributed by atoms with E-state index in [0.29, 0.717) is 17.2 Å². The third-order valence-corrected chi connectivity index (χ3v) is 7.46. The van der Waals surface area contributed by atoms with Crippen molar-refractivity contribution in [1.29, 1.82) is 0 Å². The van der Waals surface area contributed by atoms with E-state index in [1.165, 1.54) is 19.4 Å². The topological polar surface area (TPSA) is 107 Å². The van der Waals surface area contributed by atoms with E-state index >= 15 is 0 Å². The van der Waals surface area contributed by atoms with Gasteiger partial charge in [0.15, 0.2) is 5.82 Å². The Balaban J connectivity index is 1.34. The molecule has 2 aromatic rings. The molecule has 0 radical (unpaired) electrons. The Kier molecular flexibility index (Phi) is 6.93. The van der Waals surface area contributed by atoms with E-state index in [0.717, 1.165) is 56.4 Å². The zero-order valence-corrected chi connectivity index (χ0v) is 21.1. The lowest BCUT2D eigenvalue weighted by Gasteiger charge is -2.32. The number of aromatic nitrogens is 3. The minimum Gasteiger partial charge on any atom is -0.345 e. The summed E-state index contributed by atoms with van der Waals surface area (Å²) in [5.74, 6) is -4.55. The average molecular weight is 515 g/mol. The van der Waals surface area contributed by atoms with Crippen LogP contribution in [-0.4, -0.2) is 77.0 Å². The molecule has 4 heterocycles. The van der Waals surface area contributed by atoms with Gasteiger partial charge in [-0.3, -0.25) is 14.5 Å². The third-order valence-electron chi connectivity index (χ3n) is 7.46. The van der Waals surface area contributed by atoms with Crippen LogP contribution >= 0.6 is 0 Å². The molecule has 2 fully saturated rings. The summed E-state index contributed by atoms with van der Waals surface area (Å²) in [6.45, 7) is 0.230. The third kappa shape index (κ3) is 5.20. The first-order chi connectivity index (χ1) is 17.7. The minimum absolute atomic E-state index is 0.00553. The maximum absolute atomic E-state index is 14.8. The molecule has 10 nitrogen and oxygen atoms in total. The number of nitrogens with zero attached hydrogens (tertiary/aromatic N) is 6. The second kappa shape index (κ2) is 10.2. The van der Waals surface area contributed by atoms with Crippen LogP contribution in [-0.2, 0) is 4.79 Å². The van der Waals surface area contributed by atoms with Gasteiger partial charge in [0.05, 0.1) is 30.8 Å². The van der Waals surface area contributed by atoms with Crippen molar-refractivity contribution in [2.45, 2.75) is 63.1 Å². The van der Waals surface area contributed by atoms with Crippen molar-refractivity contribution in [1.82, 2.24) is 25.2 Å². The van der Waals surface area contributed by atoms with Gasteiger partial charge < -0.3 is 20.4 Å². The van der Waals surface area contributed by atoms with Crippen LogP contribution in [0.15, 0.2) is 24.5 Å². The molecule has 0 spiro atoms. The SMILES string of the molecule is CN1C(=O)C(F)(F)CN(C2CCCC2)c2nc(Nc3ccc(C(=O)NC4CCCCN4C)nc3)ncc21. The van der Waals surface area contributed by atoms with Crippen LogP contribution in [0.4, 0.5) is 31.9 Å². The number of carbonyl (C=O) groups is 2. The molecule has 1 unspecified atom stereocenters. The Morgan fingerprint density at radius 1 is 1.05 bits per heavy atom. The molecule has 2 N–H and O–H groups in total. The number of carbonyl (C=O) groups excluding carboxylic acids is 2. The number of anilines is 4. The summed E-state index contributed by atoms with van der Waals surface area (Å²) in [5.41, 5.74) is 1.08. The van der Waals surface area contributed by atoms with E-state index in [4.69, 9.17) is 0 Å². The van der Waals surface area contributed by atoms with Crippen molar-refractivity contribution in [3.8, 4) is 0 Å². The number of amides is 2. The molecule has 12 heteroatoms. The Morgan fingerprint density at radius 3 is 2.51 bits per heavy atom. The van der Waals surface area contributed by atoms with Crippen LogP contribution in [0.5, 0.6) is 0 Å². The van der Waals surface area contributed by atoms with Crippen molar-refractivity contribution < 1.29 is 18.4 Å². The van der Waals surface area contributed by atoms with E-state index in [2.05, 4.69) is 30.5 Å². The van der Waals surface area contributed by atoms with E-state index in [1.807, 2.05) is 7.05 Å². The van der Waals surface area contributed by atoms with Crippen LogP contribution < -0.4 is 20.4 Å². The molecule has 198 valence electrons. The molecule has 2 aromatic heterocycles. The fraction of sp³-hybridized carbons (Fsp3) is 0.560. The number of fused-ring (bicyclic) bond motifs is 1. The summed E-state index contributed by atoms with van der Waals surface area (Å²) in [5, 5.41) is 6.07. The van der Waals surface area contributed by atoms with Crippen LogP contribution in [0.1, 0.15) is 55.4 Å². The van der Waals surface area contributed by atoms with Crippen molar-refractivity contribution >= 4 is 35.0 Å². The van der Waals surface area contributed by atoms with Gasteiger partial charge in [0.1, 0.15) is 11.4 Å². The van der Waals surface area contributed by atoms with Crippen molar-refractivity contribution in [2.75, 3.05) is 42.3 Å². The van der Waals surface area contributed by atoms with Crippen LogP contribution in [0, 0.1) is 0 Å². The van der Waals surface area contributed by atoms with Crippen LogP contribution in [0.2, 0.25) is 0 Å². The molecule has 5 rings (SSSR count). The number of nitrogens with one attached hydrogen (secondary N) is 2. The lowest BCUT2D eigenvalue weighted by Crippen LogP contribution is -2.48. The molecule has 0 aromatic carbocycles. The molecular weight excluding hydrogens is 482 g/mol. The zero-order chi connectivity index (χ0) is 26.2. The molecule has 3 aliphatic rings. The molecular formula is C25H32F2N8O2. The number of rotatable bonds is 5. The Bertz CT molecular complexity index is 1160. The van der Waals surface area contributed by atoms with Gasteiger partial charge in [-0.15, -0.1) is 0 Å². The molecule has 1 aliphatic carbocycles. The van der Waals surface area contributed by atoms with Gasteiger partial charge in [-0.1, -0.05) is 12.8 Å². The quantitative estimate of drug-likeness (QED) is 0.627. The number of piperidine rings is 1. The highest BCUT2D eigenvalue weighted by Gasteiger charge is 2.48. The lowest BCUT2D eigenvalue weighted by atomic mass is 10.1. The molecule has 2 amide bonds. The Hall–Kier alpha value is -3.41. The average Bonchev–Trinajstić information content (AvgIpc) is 3.41. The molecule has 1 saturated heterocycles. The van der Waals surface area contributed by atoms with Crippen molar-refractivity contribution in [3.05, 3.63) is 30.2 Å². The summed E-state index contributed by atoms with van der Waals surface area (Å²) < 4.78 is 29.5. The van der Waals surface area contributed by atoms with E-state index in [9.17, 15) is 18.4 Å². The highest BCUT2D eigenvalue weighted by molar-refractivity contribution is 6.02. The molecule has 1 atom stereocenters. The maximum Gasteiger partial charge on any atom is 0.342 e. The summed E-state index contributed by atoms with van der Waals surface area (Å²) in [7, 11) is 3.32. The van der Waals surface area contributed by atoms with Gasteiger partial charge in [0.25, 0.3) is 11.8 Å². The van der Waals surface area contributed by atoms with Crippen molar-refractivity contribution in [2.24, 2.45) is 0 Å². The summed E-state index contributed by atoms with van der Waals surface area (Å²) in [6.07, 6.45) is 9.43. The molecule has 1 saturated carbocycles. The van der Waals surface area contributed by atoms with Gasteiger partial charge in [0, 0.05) is 13.1 Å². The van der Waals surface area contributed by atoms with Gasteiger partial charge in [0.2, 0.25) is 5.95 Å². The number of alkyl halides is 2. The van der Waals surface area contributed by atoms with Gasteiger partial charge >= 0.3 is 5.92 Å². The second-order valence-corrected chi connectivity index (χ2v) is 10.1. The first-order valence-electron chi connectivity index (χ1n) is 12.8. The van der Waals surface area contributed by atoms with Gasteiger partial charge in [-0.05, 0) is 57.8 Å². The summed E-state index contributed by atoms with van der Waals surface area (Å²) >= 11 is 0. The monoisotopic (exact) mass is 514 g/mol. The fourth-order valence-corrected chi connectivity index (χ4v) is 5.32. The Labute approximate surface area is 214 Å². The first kappa shape index (κ1) is 25.2. The van der Waals surface area contributed by atoms with Crippen molar-refractivity contribution in [3.63, 3.8) is 0 Å². The first-order valence-corrected chi connectivity index (χ1v) is 12.8. The number of likely N-dealkylation sites (tertiary alicyclic amines) is 1. The maximum atomic E-state index is 14.8. The number of hydrogen-bond donors (Lipinski definition) is 2. The normalized spacial score (nSPS) is 22.5. The van der Waals surface area contributed by atoms with Gasteiger partial charge in [-0.25, -0.2) is 9.97 Å². The lowest BCUT2D eigenvalue weighted by molar-refractivity contribution is -0.140. The fourth-order valence-electron chi connectivity index (χ4n) is 5.32.